The minimum atomic E-state index is -0.301. The molecule has 1 N–H and O–H groups in total. The van der Waals surface area contributed by atoms with Crippen LogP contribution in [0.3, 0.4) is 0 Å². The molecule has 0 saturated carbocycles. The lowest BCUT2D eigenvalue weighted by molar-refractivity contribution is -0.126. The van der Waals surface area contributed by atoms with Gasteiger partial charge in [0.2, 0.25) is 5.91 Å². The van der Waals surface area contributed by atoms with Crippen LogP contribution in [0.2, 0.25) is 0 Å². The quantitative estimate of drug-likeness (QED) is 0.420. The third-order valence-electron chi connectivity index (χ3n) is 7.18. The average Bonchev–Trinajstić information content (AvgIpc) is 3.45. The first-order valence-corrected chi connectivity index (χ1v) is 13.1. The first kappa shape index (κ1) is 22.2. The van der Waals surface area contributed by atoms with Crippen molar-refractivity contribution < 1.29 is 9.18 Å². The molecule has 0 bridgehead atoms. The second-order valence-corrected chi connectivity index (χ2v) is 10.5. The van der Waals surface area contributed by atoms with Gasteiger partial charge in [0.15, 0.2) is 10.8 Å². The monoisotopic (exact) mass is 489 g/mol. The average molecular weight is 490 g/mol. The number of rotatable bonds is 4. The molecule has 6 rings (SSSR count). The van der Waals surface area contributed by atoms with Crippen LogP contribution >= 0.6 is 11.3 Å². The molecule has 2 aromatic carbocycles. The van der Waals surface area contributed by atoms with E-state index in [0.717, 1.165) is 59.8 Å². The standard InChI is InChI=1S/C27H28FN5OS/c1-17-24-25(33(31-17)21-11-5-10-20(28)15-21)30-27(35-24)32-14-6-9-19(16-32)26(34)29-23-13-4-8-18-7-2-3-12-22(18)23/h2-3,5,7,10-12,15,19,23H,4,6,8-9,13-14,16H2,1H3,(H,29,34)/t19-,23-/m0/s1. The summed E-state index contributed by atoms with van der Waals surface area (Å²) in [5, 5.41) is 8.84. The molecule has 35 heavy (non-hydrogen) atoms. The van der Waals surface area contributed by atoms with Crippen LogP contribution in [0.5, 0.6) is 0 Å². The third kappa shape index (κ3) is 4.20. The summed E-state index contributed by atoms with van der Waals surface area (Å²) < 4.78 is 16.5. The van der Waals surface area contributed by atoms with Crippen LogP contribution < -0.4 is 10.2 Å². The number of carbonyl (C=O) groups is 1. The highest BCUT2D eigenvalue weighted by Gasteiger charge is 2.31. The lowest BCUT2D eigenvalue weighted by Gasteiger charge is -2.33. The molecular weight excluding hydrogens is 461 g/mol. The van der Waals surface area contributed by atoms with E-state index >= 15 is 0 Å². The minimum Gasteiger partial charge on any atom is -0.349 e. The van der Waals surface area contributed by atoms with Gasteiger partial charge >= 0.3 is 0 Å². The molecule has 0 radical (unpaired) electrons. The normalized spacial score (nSPS) is 20.1. The fourth-order valence-corrected chi connectivity index (χ4v) is 6.43. The second kappa shape index (κ2) is 9.07. The number of hydrogen-bond acceptors (Lipinski definition) is 5. The van der Waals surface area contributed by atoms with Crippen molar-refractivity contribution in [2.45, 2.75) is 45.1 Å². The van der Waals surface area contributed by atoms with Gasteiger partial charge in [-0.2, -0.15) is 10.1 Å². The Bertz CT molecular complexity index is 1400. The van der Waals surface area contributed by atoms with Gasteiger partial charge < -0.3 is 10.2 Å². The van der Waals surface area contributed by atoms with Gasteiger partial charge in [0.05, 0.1) is 28.0 Å². The molecule has 0 spiro atoms. The Morgan fingerprint density at radius 2 is 2.03 bits per heavy atom. The number of fused-ring (bicyclic) bond motifs is 2. The first-order chi connectivity index (χ1) is 17.1. The van der Waals surface area contributed by atoms with Crippen LogP contribution in [0.15, 0.2) is 48.5 Å². The number of aryl methyl sites for hydroxylation is 2. The number of nitrogens with one attached hydrogen (secondary N) is 1. The Hall–Kier alpha value is -3.26. The number of hydrogen-bond donors (Lipinski definition) is 1. The Morgan fingerprint density at radius 1 is 1.14 bits per heavy atom. The zero-order valence-corrected chi connectivity index (χ0v) is 20.5. The van der Waals surface area contributed by atoms with Gasteiger partial charge in [0, 0.05) is 13.1 Å². The largest absolute Gasteiger partial charge is 0.349 e. The van der Waals surface area contributed by atoms with Gasteiger partial charge in [0.25, 0.3) is 0 Å². The van der Waals surface area contributed by atoms with E-state index in [0.29, 0.717) is 12.2 Å². The summed E-state index contributed by atoms with van der Waals surface area (Å²) in [5.74, 6) is -0.227. The van der Waals surface area contributed by atoms with Crippen LogP contribution in [0.25, 0.3) is 16.0 Å². The van der Waals surface area contributed by atoms with Gasteiger partial charge in [-0.05, 0) is 68.4 Å². The van der Waals surface area contributed by atoms with E-state index in [1.165, 1.54) is 23.3 Å². The summed E-state index contributed by atoms with van der Waals surface area (Å²) in [6, 6.07) is 15.0. The molecule has 2 atom stereocenters. The fourth-order valence-electron chi connectivity index (χ4n) is 5.40. The Kier molecular flexibility index (Phi) is 5.76. The van der Waals surface area contributed by atoms with E-state index in [1.54, 1.807) is 22.1 Å². The smallest absolute Gasteiger partial charge is 0.225 e. The number of amides is 1. The molecule has 1 amide bonds. The fraction of sp³-hybridized carbons (Fsp3) is 0.370. The van der Waals surface area contributed by atoms with Crippen molar-refractivity contribution >= 4 is 32.7 Å². The van der Waals surface area contributed by atoms with Gasteiger partial charge in [-0.1, -0.05) is 41.7 Å². The number of benzene rings is 2. The maximum atomic E-state index is 13.8. The van der Waals surface area contributed by atoms with E-state index in [1.807, 2.05) is 13.0 Å². The number of anilines is 1. The first-order valence-electron chi connectivity index (χ1n) is 12.3. The van der Waals surface area contributed by atoms with Crippen molar-refractivity contribution in [3.05, 3.63) is 71.2 Å². The van der Waals surface area contributed by atoms with E-state index in [-0.39, 0.29) is 23.7 Å². The number of halogens is 1. The molecule has 1 aliphatic heterocycles. The Morgan fingerprint density at radius 3 is 2.91 bits per heavy atom. The maximum absolute atomic E-state index is 13.8. The molecule has 180 valence electrons. The molecule has 1 fully saturated rings. The molecule has 2 aromatic heterocycles. The summed E-state index contributed by atoms with van der Waals surface area (Å²) in [6.45, 7) is 3.48. The number of aromatic nitrogens is 3. The molecule has 4 aromatic rings. The van der Waals surface area contributed by atoms with Crippen molar-refractivity contribution in [1.82, 2.24) is 20.1 Å². The molecule has 6 nitrogen and oxygen atoms in total. The van der Waals surface area contributed by atoms with Crippen LogP contribution in [0.4, 0.5) is 9.52 Å². The van der Waals surface area contributed by atoms with Crippen LogP contribution in [-0.2, 0) is 11.2 Å². The molecule has 8 heteroatoms. The summed E-state index contributed by atoms with van der Waals surface area (Å²) in [7, 11) is 0. The van der Waals surface area contributed by atoms with Crippen LogP contribution in [0.1, 0.15) is 48.5 Å². The molecule has 3 heterocycles. The van der Waals surface area contributed by atoms with E-state index in [9.17, 15) is 9.18 Å². The topological polar surface area (TPSA) is 63.1 Å². The van der Waals surface area contributed by atoms with E-state index in [2.05, 4.69) is 39.6 Å². The SMILES string of the molecule is Cc1nn(-c2cccc(F)c2)c2nc(N3CCC[C@H](C(=O)N[C@H]4CCCc5ccccc54)C3)sc12. The lowest BCUT2D eigenvalue weighted by atomic mass is 9.87. The van der Waals surface area contributed by atoms with E-state index < -0.39 is 0 Å². The lowest BCUT2D eigenvalue weighted by Crippen LogP contribution is -2.44. The van der Waals surface area contributed by atoms with Crippen molar-refractivity contribution in [1.29, 1.82) is 0 Å². The zero-order chi connectivity index (χ0) is 23.9. The van der Waals surface area contributed by atoms with Gasteiger partial charge in [0.1, 0.15) is 5.82 Å². The molecular formula is C27H28FN5OS. The van der Waals surface area contributed by atoms with Gasteiger partial charge in [-0.25, -0.2) is 9.07 Å². The Labute approximate surface area is 207 Å². The molecule has 2 aliphatic rings. The zero-order valence-electron chi connectivity index (χ0n) is 19.7. The minimum absolute atomic E-state index is 0.0642. The number of thiazole rings is 1. The highest BCUT2D eigenvalue weighted by atomic mass is 32.1. The highest BCUT2D eigenvalue weighted by molar-refractivity contribution is 7.22. The summed E-state index contributed by atoms with van der Waals surface area (Å²) >= 11 is 1.60. The van der Waals surface area contributed by atoms with Gasteiger partial charge in [-0.3, -0.25) is 4.79 Å². The van der Waals surface area contributed by atoms with Gasteiger partial charge in [-0.15, -0.1) is 0 Å². The second-order valence-electron chi connectivity index (χ2n) is 9.56. The summed E-state index contributed by atoms with van der Waals surface area (Å²) in [6.07, 6.45) is 5.02. The molecule has 0 unspecified atom stereocenters. The molecule has 1 aliphatic carbocycles. The van der Waals surface area contributed by atoms with Crippen molar-refractivity contribution in [2.75, 3.05) is 18.0 Å². The van der Waals surface area contributed by atoms with E-state index in [4.69, 9.17) is 4.98 Å². The third-order valence-corrected chi connectivity index (χ3v) is 8.39. The van der Waals surface area contributed by atoms with Crippen molar-refractivity contribution in [3.63, 3.8) is 0 Å². The van der Waals surface area contributed by atoms with Crippen LogP contribution in [-0.4, -0.2) is 33.8 Å². The number of nitrogens with zero attached hydrogens (tertiary/aromatic N) is 4. The maximum Gasteiger partial charge on any atom is 0.225 e. The predicted molar refractivity (Wildman–Crippen MR) is 137 cm³/mol. The van der Waals surface area contributed by atoms with Crippen LogP contribution in [0, 0.1) is 18.7 Å². The number of carbonyl (C=O) groups excluding carboxylic acids is 1. The Balaban J connectivity index is 1.21. The predicted octanol–water partition coefficient (Wildman–Crippen LogP) is 5.34. The van der Waals surface area contributed by atoms with Crippen molar-refractivity contribution in [3.8, 4) is 5.69 Å². The molecule has 1 saturated heterocycles. The van der Waals surface area contributed by atoms with Crippen molar-refractivity contribution in [2.24, 2.45) is 5.92 Å². The summed E-state index contributed by atoms with van der Waals surface area (Å²) in [5.41, 5.74) is 4.88. The highest BCUT2D eigenvalue weighted by Crippen LogP contribution is 2.35. The number of piperidine rings is 1. The summed E-state index contributed by atoms with van der Waals surface area (Å²) in [4.78, 5) is 20.4.